The van der Waals surface area contributed by atoms with E-state index < -0.39 is 0 Å². The fraction of sp³-hybridized carbons (Fsp3) is 0.462. The standard InChI is InChI=1S/C13H17N5O/c1-9-4-11(6-12(14)5-9)13-15-16-17-18(13)7-10-2-3-19-8-10/h4-6,10H,2-3,7-8,14H2,1H3. The maximum atomic E-state index is 5.88. The molecule has 2 N–H and O–H groups in total. The molecule has 2 aromatic rings. The molecule has 1 aliphatic heterocycles. The van der Waals surface area contributed by atoms with Crippen molar-refractivity contribution < 1.29 is 4.74 Å². The third-order valence-corrected chi connectivity index (χ3v) is 3.34. The van der Waals surface area contributed by atoms with Crippen molar-refractivity contribution in [1.29, 1.82) is 0 Å². The molecule has 0 aliphatic carbocycles. The Balaban J connectivity index is 1.90. The highest BCUT2D eigenvalue weighted by molar-refractivity contribution is 5.62. The number of rotatable bonds is 3. The maximum absolute atomic E-state index is 5.88. The number of aryl methyl sites for hydroxylation is 1. The Kier molecular flexibility index (Phi) is 3.16. The van der Waals surface area contributed by atoms with E-state index >= 15 is 0 Å². The summed E-state index contributed by atoms with van der Waals surface area (Å²) in [6, 6.07) is 5.88. The van der Waals surface area contributed by atoms with E-state index in [1.54, 1.807) is 0 Å². The minimum atomic E-state index is 0.490. The SMILES string of the molecule is Cc1cc(N)cc(-c2nnnn2CC2CCOC2)c1. The topological polar surface area (TPSA) is 78.9 Å². The molecule has 1 fully saturated rings. The molecule has 1 atom stereocenters. The second kappa shape index (κ2) is 4.97. The van der Waals surface area contributed by atoms with Crippen molar-refractivity contribution in [3.63, 3.8) is 0 Å². The number of nitrogens with two attached hydrogens (primary N) is 1. The van der Waals surface area contributed by atoms with Crippen molar-refractivity contribution >= 4 is 5.69 Å². The van der Waals surface area contributed by atoms with Crippen LogP contribution in [0.15, 0.2) is 18.2 Å². The molecule has 1 aromatic heterocycles. The molecular formula is C13H17N5O. The fourth-order valence-corrected chi connectivity index (χ4v) is 2.45. The first-order valence-corrected chi connectivity index (χ1v) is 6.44. The fourth-order valence-electron chi connectivity index (χ4n) is 2.45. The van der Waals surface area contributed by atoms with Crippen LogP contribution >= 0.6 is 0 Å². The van der Waals surface area contributed by atoms with Crippen LogP contribution in [0.5, 0.6) is 0 Å². The molecule has 0 spiro atoms. The quantitative estimate of drug-likeness (QED) is 0.840. The summed E-state index contributed by atoms with van der Waals surface area (Å²) in [5.74, 6) is 1.26. The summed E-state index contributed by atoms with van der Waals surface area (Å²) in [4.78, 5) is 0. The number of nitrogens with zero attached hydrogens (tertiary/aromatic N) is 4. The van der Waals surface area contributed by atoms with Crippen LogP contribution in [0.1, 0.15) is 12.0 Å². The molecule has 0 amide bonds. The highest BCUT2D eigenvalue weighted by Crippen LogP contribution is 2.23. The molecular weight excluding hydrogens is 242 g/mol. The number of hydrogen-bond donors (Lipinski definition) is 1. The molecule has 0 bridgehead atoms. The first kappa shape index (κ1) is 12.1. The zero-order valence-electron chi connectivity index (χ0n) is 10.9. The Morgan fingerprint density at radius 3 is 3.05 bits per heavy atom. The minimum absolute atomic E-state index is 0.490. The number of nitrogen functional groups attached to an aromatic ring is 1. The van der Waals surface area contributed by atoms with Gasteiger partial charge in [-0.3, -0.25) is 0 Å². The van der Waals surface area contributed by atoms with Crippen molar-refractivity contribution in [2.75, 3.05) is 18.9 Å². The van der Waals surface area contributed by atoms with Gasteiger partial charge >= 0.3 is 0 Å². The van der Waals surface area contributed by atoms with Gasteiger partial charge in [0.15, 0.2) is 5.82 Å². The molecule has 1 aliphatic rings. The van der Waals surface area contributed by atoms with Gasteiger partial charge in [-0.15, -0.1) is 5.10 Å². The van der Waals surface area contributed by atoms with Gasteiger partial charge in [0.1, 0.15) is 0 Å². The third-order valence-electron chi connectivity index (χ3n) is 3.34. The van der Waals surface area contributed by atoms with Crippen molar-refractivity contribution in [2.45, 2.75) is 19.9 Å². The van der Waals surface area contributed by atoms with E-state index in [9.17, 15) is 0 Å². The number of ether oxygens (including phenoxy) is 1. The first-order chi connectivity index (χ1) is 9.22. The summed E-state index contributed by atoms with van der Waals surface area (Å²) < 4.78 is 7.23. The van der Waals surface area contributed by atoms with Gasteiger partial charge in [0.05, 0.1) is 13.2 Å². The predicted molar refractivity (Wildman–Crippen MR) is 71.3 cm³/mol. The molecule has 1 saturated heterocycles. The summed E-state index contributed by atoms with van der Waals surface area (Å²) >= 11 is 0. The monoisotopic (exact) mass is 259 g/mol. The van der Waals surface area contributed by atoms with E-state index in [1.807, 2.05) is 29.8 Å². The smallest absolute Gasteiger partial charge is 0.182 e. The summed E-state index contributed by atoms with van der Waals surface area (Å²) in [5.41, 5.74) is 8.68. The summed E-state index contributed by atoms with van der Waals surface area (Å²) in [6.45, 7) is 4.42. The molecule has 100 valence electrons. The zero-order chi connectivity index (χ0) is 13.2. The molecule has 0 saturated carbocycles. The maximum Gasteiger partial charge on any atom is 0.182 e. The molecule has 19 heavy (non-hydrogen) atoms. The van der Waals surface area contributed by atoms with Gasteiger partial charge in [-0.1, -0.05) is 0 Å². The van der Waals surface area contributed by atoms with Gasteiger partial charge in [0.2, 0.25) is 0 Å². The second-order valence-electron chi connectivity index (χ2n) is 5.05. The number of benzene rings is 1. The Labute approximate surface area is 111 Å². The van der Waals surface area contributed by atoms with Crippen molar-refractivity contribution in [3.8, 4) is 11.4 Å². The second-order valence-corrected chi connectivity index (χ2v) is 5.05. The Hall–Kier alpha value is -1.95. The Bertz CT molecular complexity index is 554. The van der Waals surface area contributed by atoms with Crippen LogP contribution in [0.4, 0.5) is 5.69 Å². The highest BCUT2D eigenvalue weighted by Gasteiger charge is 2.19. The van der Waals surface area contributed by atoms with Crippen LogP contribution in [0.25, 0.3) is 11.4 Å². The van der Waals surface area contributed by atoms with Gasteiger partial charge in [-0.2, -0.15) is 0 Å². The number of hydrogen-bond acceptors (Lipinski definition) is 5. The summed E-state index contributed by atoms with van der Waals surface area (Å²) in [6.07, 6.45) is 1.06. The van der Waals surface area contributed by atoms with Crippen LogP contribution in [0.3, 0.4) is 0 Å². The van der Waals surface area contributed by atoms with Gasteiger partial charge in [-0.05, 0) is 47.5 Å². The molecule has 6 nitrogen and oxygen atoms in total. The highest BCUT2D eigenvalue weighted by atomic mass is 16.5. The molecule has 3 rings (SSSR count). The molecule has 1 aromatic carbocycles. The summed E-state index contributed by atoms with van der Waals surface area (Å²) in [5, 5.41) is 12.0. The van der Waals surface area contributed by atoms with Gasteiger partial charge < -0.3 is 10.5 Å². The lowest BCUT2D eigenvalue weighted by Gasteiger charge is -2.09. The predicted octanol–water partition coefficient (Wildman–Crippen LogP) is 1.27. The van der Waals surface area contributed by atoms with Crippen LogP contribution in [0.2, 0.25) is 0 Å². The van der Waals surface area contributed by atoms with Gasteiger partial charge in [0, 0.05) is 23.8 Å². The molecule has 1 unspecified atom stereocenters. The Morgan fingerprint density at radius 2 is 2.32 bits per heavy atom. The summed E-state index contributed by atoms with van der Waals surface area (Å²) in [7, 11) is 0. The van der Waals surface area contributed by atoms with Crippen LogP contribution in [-0.4, -0.2) is 33.4 Å². The third kappa shape index (κ3) is 2.58. The van der Waals surface area contributed by atoms with E-state index in [0.717, 1.165) is 48.8 Å². The number of anilines is 1. The molecule has 2 heterocycles. The zero-order valence-corrected chi connectivity index (χ0v) is 10.9. The number of tetrazole rings is 1. The lowest BCUT2D eigenvalue weighted by molar-refractivity contribution is 0.181. The molecule has 6 heteroatoms. The minimum Gasteiger partial charge on any atom is -0.399 e. The van der Waals surface area contributed by atoms with Crippen molar-refractivity contribution in [3.05, 3.63) is 23.8 Å². The Morgan fingerprint density at radius 1 is 1.42 bits per heavy atom. The van der Waals surface area contributed by atoms with Crippen LogP contribution < -0.4 is 5.73 Å². The van der Waals surface area contributed by atoms with E-state index in [4.69, 9.17) is 10.5 Å². The van der Waals surface area contributed by atoms with Crippen molar-refractivity contribution in [1.82, 2.24) is 20.2 Å². The van der Waals surface area contributed by atoms with Gasteiger partial charge in [0.25, 0.3) is 0 Å². The van der Waals surface area contributed by atoms with E-state index in [1.165, 1.54) is 0 Å². The average molecular weight is 259 g/mol. The van der Waals surface area contributed by atoms with Crippen LogP contribution in [0, 0.1) is 12.8 Å². The van der Waals surface area contributed by atoms with E-state index in [-0.39, 0.29) is 0 Å². The average Bonchev–Trinajstić information content (AvgIpc) is 2.99. The van der Waals surface area contributed by atoms with E-state index in [0.29, 0.717) is 5.92 Å². The largest absolute Gasteiger partial charge is 0.399 e. The lowest BCUT2D eigenvalue weighted by Crippen LogP contribution is -2.13. The lowest BCUT2D eigenvalue weighted by atomic mass is 10.1. The molecule has 0 radical (unpaired) electrons. The normalized spacial score (nSPS) is 18.9. The van der Waals surface area contributed by atoms with Gasteiger partial charge in [-0.25, -0.2) is 4.68 Å². The van der Waals surface area contributed by atoms with Crippen LogP contribution in [-0.2, 0) is 11.3 Å². The van der Waals surface area contributed by atoms with Crippen molar-refractivity contribution in [2.24, 2.45) is 5.92 Å². The number of aromatic nitrogens is 4. The van der Waals surface area contributed by atoms with E-state index in [2.05, 4.69) is 15.5 Å². The first-order valence-electron chi connectivity index (χ1n) is 6.44.